The first kappa shape index (κ1) is 21.1. The Labute approximate surface area is 199 Å². The fraction of sp³-hybridized carbons (Fsp3) is 0.0800. The van der Waals surface area contributed by atoms with Crippen LogP contribution in [0.15, 0.2) is 93.8 Å². The van der Waals surface area contributed by atoms with Gasteiger partial charge in [-0.05, 0) is 42.6 Å². The third-order valence-corrected chi connectivity index (χ3v) is 6.79. The van der Waals surface area contributed by atoms with E-state index in [9.17, 15) is 0 Å². The number of hydrogen-bond donors (Lipinski definition) is 0. The summed E-state index contributed by atoms with van der Waals surface area (Å²) in [7, 11) is 1.65. The van der Waals surface area contributed by atoms with Crippen molar-refractivity contribution in [1.29, 1.82) is 0 Å². The molecular weight excluding hydrogens is 450 g/mol. The fourth-order valence-corrected chi connectivity index (χ4v) is 4.90. The van der Waals surface area contributed by atoms with Gasteiger partial charge in [-0.15, -0.1) is 22.7 Å². The lowest BCUT2D eigenvalue weighted by molar-refractivity contribution is 0.416. The summed E-state index contributed by atoms with van der Waals surface area (Å²) in [4.78, 5) is 6.65. The summed E-state index contributed by atoms with van der Waals surface area (Å²) >= 11 is 3.20. The predicted octanol–water partition coefficient (Wildman–Crippen LogP) is 5.90. The molecule has 3 heterocycles. The smallest absolute Gasteiger partial charge is 0.211 e. The number of methoxy groups -OCH3 is 1. The second-order valence-electron chi connectivity index (χ2n) is 7.19. The highest BCUT2D eigenvalue weighted by molar-refractivity contribution is 7.13. The van der Waals surface area contributed by atoms with Crippen LogP contribution in [0.2, 0.25) is 0 Å². The van der Waals surface area contributed by atoms with Crippen LogP contribution in [-0.2, 0) is 0 Å². The van der Waals surface area contributed by atoms with E-state index < -0.39 is 0 Å². The van der Waals surface area contributed by atoms with Crippen molar-refractivity contribution >= 4 is 34.6 Å². The zero-order valence-corrected chi connectivity index (χ0v) is 19.8. The van der Waals surface area contributed by atoms with Crippen molar-refractivity contribution in [2.45, 2.75) is 6.92 Å². The van der Waals surface area contributed by atoms with E-state index in [0.29, 0.717) is 0 Å². The molecular formula is C25H21N5OS2. The minimum Gasteiger partial charge on any atom is -0.494 e. The van der Waals surface area contributed by atoms with Crippen molar-refractivity contribution in [2.24, 2.45) is 10.1 Å². The summed E-state index contributed by atoms with van der Waals surface area (Å²) in [5.41, 5.74) is 4.60. The first-order valence-corrected chi connectivity index (χ1v) is 12.1. The molecule has 2 aromatic carbocycles. The Balaban J connectivity index is 1.58. The molecule has 0 aliphatic heterocycles. The molecule has 5 rings (SSSR count). The Morgan fingerprint density at radius 1 is 0.970 bits per heavy atom. The number of benzene rings is 2. The summed E-state index contributed by atoms with van der Waals surface area (Å²) < 4.78 is 9.18. The number of hydrogen-bond acceptors (Lipinski definition) is 6. The van der Waals surface area contributed by atoms with Crippen LogP contribution in [0.4, 0.5) is 5.69 Å². The summed E-state index contributed by atoms with van der Waals surface area (Å²) in [5.74, 6) is 0.725. The predicted molar refractivity (Wildman–Crippen MR) is 135 cm³/mol. The molecule has 33 heavy (non-hydrogen) atoms. The minimum absolute atomic E-state index is 0.725. The molecule has 0 fully saturated rings. The molecule has 0 unspecified atom stereocenters. The minimum atomic E-state index is 0.725. The van der Waals surface area contributed by atoms with Gasteiger partial charge in [-0.2, -0.15) is 10.2 Å². The van der Waals surface area contributed by atoms with Crippen LogP contribution in [0.3, 0.4) is 0 Å². The molecule has 0 saturated heterocycles. The number of rotatable bonds is 6. The van der Waals surface area contributed by atoms with Gasteiger partial charge in [-0.3, -0.25) is 0 Å². The molecule has 5 aromatic rings. The van der Waals surface area contributed by atoms with E-state index in [2.05, 4.69) is 11.4 Å². The average Bonchev–Trinajstić information content (AvgIpc) is 3.59. The maximum absolute atomic E-state index is 5.45. The quantitative estimate of drug-likeness (QED) is 0.290. The van der Waals surface area contributed by atoms with Crippen molar-refractivity contribution < 1.29 is 4.74 Å². The Bertz CT molecular complexity index is 1460. The molecule has 8 heteroatoms. The topological polar surface area (TPSA) is 56.7 Å². The summed E-state index contributed by atoms with van der Waals surface area (Å²) in [6.07, 6.45) is 3.86. The first-order chi connectivity index (χ1) is 16.2. The average molecular weight is 472 g/mol. The zero-order chi connectivity index (χ0) is 22.6. The zero-order valence-electron chi connectivity index (χ0n) is 18.1. The maximum atomic E-state index is 5.45. The number of aryl methyl sites for hydroxylation is 1. The lowest BCUT2D eigenvalue weighted by Crippen LogP contribution is -2.11. The largest absolute Gasteiger partial charge is 0.494 e. The van der Waals surface area contributed by atoms with Crippen LogP contribution < -0.4 is 9.54 Å². The number of ether oxygens (including phenoxy) is 1. The number of thiazole rings is 1. The van der Waals surface area contributed by atoms with Gasteiger partial charge in [0.25, 0.3) is 0 Å². The normalized spacial score (nSPS) is 12.0. The highest BCUT2D eigenvalue weighted by atomic mass is 32.1. The van der Waals surface area contributed by atoms with Crippen molar-refractivity contribution in [3.8, 4) is 22.0 Å². The van der Waals surface area contributed by atoms with Gasteiger partial charge in [-0.25, -0.2) is 14.4 Å². The van der Waals surface area contributed by atoms with Crippen molar-refractivity contribution in [3.63, 3.8) is 0 Å². The molecule has 0 radical (unpaired) electrons. The van der Waals surface area contributed by atoms with E-state index in [4.69, 9.17) is 19.9 Å². The molecule has 164 valence electrons. The molecule has 3 aromatic heterocycles. The van der Waals surface area contributed by atoms with Gasteiger partial charge in [0.1, 0.15) is 17.1 Å². The Morgan fingerprint density at radius 3 is 2.58 bits per heavy atom. The van der Waals surface area contributed by atoms with Crippen LogP contribution >= 0.6 is 22.7 Å². The number of thiophene rings is 1. The van der Waals surface area contributed by atoms with Gasteiger partial charge in [0.15, 0.2) is 0 Å². The van der Waals surface area contributed by atoms with Crippen molar-refractivity contribution in [1.82, 2.24) is 14.5 Å². The molecule has 6 nitrogen and oxygen atoms in total. The van der Waals surface area contributed by atoms with Gasteiger partial charge in [0, 0.05) is 17.1 Å². The van der Waals surface area contributed by atoms with Crippen molar-refractivity contribution in [3.05, 3.63) is 99.7 Å². The molecule has 0 aliphatic carbocycles. The fourth-order valence-electron chi connectivity index (χ4n) is 3.35. The molecule has 0 atom stereocenters. The van der Waals surface area contributed by atoms with Crippen LogP contribution in [0.25, 0.3) is 16.3 Å². The number of aromatic nitrogens is 3. The first-order valence-electron chi connectivity index (χ1n) is 10.3. The standard InChI is InChI=1S/C25H21N5OS2/c1-18-17-33-25(27-21-11-6-7-12-22(21)31-2)30(18)26-15-19-16-29(20-9-4-3-5-10-20)28-24(19)23-13-8-14-32-23/h3-17H,1-2H3. The number of para-hydroxylation sites is 3. The summed E-state index contributed by atoms with van der Waals surface area (Å²) in [6.45, 7) is 2.02. The second-order valence-corrected chi connectivity index (χ2v) is 8.97. The van der Waals surface area contributed by atoms with Crippen LogP contribution in [0, 0.1) is 6.92 Å². The van der Waals surface area contributed by atoms with Crippen LogP contribution in [0.5, 0.6) is 5.75 Å². The van der Waals surface area contributed by atoms with Gasteiger partial charge < -0.3 is 4.74 Å². The van der Waals surface area contributed by atoms with E-state index >= 15 is 0 Å². The molecule has 0 saturated carbocycles. The van der Waals surface area contributed by atoms with Gasteiger partial charge in [-0.1, -0.05) is 36.4 Å². The SMILES string of the molecule is COc1ccccc1N=c1scc(C)n1N=Cc1cn(-c2ccccc2)nc1-c1cccs1. The van der Waals surface area contributed by atoms with Crippen LogP contribution in [0.1, 0.15) is 11.3 Å². The lowest BCUT2D eigenvalue weighted by Gasteiger charge is -2.03. The molecule has 0 bridgehead atoms. The van der Waals surface area contributed by atoms with E-state index in [1.165, 1.54) is 11.3 Å². The second kappa shape index (κ2) is 9.40. The third kappa shape index (κ3) is 4.44. The van der Waals surface area contributed by atoms with E-state index in [1.807, 2.05) is 94.7 Å². The van der Waals surface area contributed by atoms with E-state index in [1.54, 1.807) is 18.4 Å². The van der Waals surface area contributed by atoms with Crippen molar-refractivity contribution in [2.75, 3.05) is 7.11 Å². The monoisotopic (exact) mass is 471 g/mol. The molecule has 0 spiro atoms. The Morgan fingerprint density at radius 2 is 1.79 bits per heavy atom. The van der Waals surface area contributed by atoms with Crippen LogP contribution in [-0.4, -0.2) is 27.8 Å². The summed E-state index contributed by atoms with van der Waals surface area (Å²) in [6, 6.07) is 21.9. The number of nitrogens with zero attached hydrogens (tertiary/aromatic N) is 5. The van der Waals surface area contributed by atoms with E-state index in [-0.39, 0.29) is 0 Å². The lowest BCUT2D eigenvalue weighted by atomic mass is 10.2. The highest BCUT2D eigenvalue weighted by Crippen LogP contribution is 2.27. The molecule has 0 N–H and O–H groups in total. The van der Waals surface area contributed by atoms with Gasteiger partial charge in [0.05, 0.1) is 29.6 Å². The van der Waals surface area contributed by atoms with E-state index in [0.717, 1.165) is 43.8 Å². The molecule has 0 aliphatic rings. The van der Waals surface area contributed by atoms with Gasteiger partial charge in [0.2, 0.25) is 4.80 Å². The Kier molecular flexibility index (Phi) is 6.01. The molecule has 0 amide bonds. The third-order valence-electron chi connectivity index (χ3n) is 4.98. The Hall–Kier alpha value is -3.75. The highest BCUT2D eigenvalue weighted by Gasteiger charge is 2.12. The van der Waals surface area contributed by atoms with Gasteiger partial charge >= 0.3 is 0 Å². The maximum Gasteiger partial charge on any atom is 0.211 e. The summed E-state index contributed by atoms with van der Waals surface area (Å²) in [5, 5.41) is 13.7.